The first kappa shape index (κ1) is 15.8. The molecule has 1 atom stereocenters. The monoisotopic (exact) mass is 339 g/mol. The van der Waals surface area contributed by atoms with Gasteiger partial charge in [0.15, 0.2) is 0 Å². The van der Waals surface area contributed by atoms with Crippen molar-refractivity contribution in [1.82, 2.24) is 10.3 Å². The fourth-order valence-electron chi connectivity index (χ4n) is 2.77. The van der Waals surface area contributed by atoms with Crippen molar-refractivity contribution in [3.8, 4) is 0 Å². The van der Waals surface area contributed by atoms with Gasteiger partial charge in [-0.15, -0.1) is 0 Å². The molecule has 20 heavy (non-hydrogen) atoms. The maximum Gasteiger partial charge on any atom is 0.133 e. The van der Waals surface area contributed by atoms with Crippen LogP contribution in [-0.4, -0.2) is 24.1 Å². The minimum Gasteiger partial charge on any atom is -0.354 e. The largest absolute Gasteiger partial charge is 0.354 e. The van der Waals surface area contributed by atoms with Gasteiger partial charge in [-0.05, 0) is 60.6 Å². The normalized spacial score (nSPS) is 19.6. The SMILES string of the molecule is CC(C)CNCc1cc(Br)cnc1N1CCCCC1C. The zero-order valence-electron chi connectivity index (χ0n) is 12.8. The number of hydrogen-bond donors (Lipinski definition) is 1. The van der Waals surface area contributed by atoms with Crippen LogP contribution in [0.5, 0.6) is 0 Å². The fourth-order valence-corrected chi connectivity index (χ4v) is 3.15. The van der Waals surface area contributed by atoms with E-state index in [0.29, 0.717) is 12.0 Å². The van der Waals surface area contributed by atoms with Gasteiger partial charge in [-0.3, -0.25) is 0 Å². The van der Waals surface area contributed by atoms with E-state index in [-0.39, 0.29) is 0 Å². The lowest BCUT2D eigenvalue weighted by Crippen LogP contribution is -2.39. The van der Waals surface area contributed by atoms with Crippen molar-refractivity contribution in [3.63, 3.8) is 0 Å². The highest BCUT2D eigenvalue weighted by Crippen LogP contribution is 2.27. The maximum absolute atomic E-state index is 4.69. The summed E-state index contributed by atoms with van der Waals surface area (Å²) in [6.07, 6.45) is 5.81. The summed E-state index contributed by atoms with van der Waals surface area (Å²) in [5.41, 5.74) is 1.30. The Morgan fingerprint density at radius 3 is 2.95 bits per heavy atom. The molecule has 0 aromatic carbocycles. The van der Waals surface area contributed by atoms with Crippen molar-refractivity contribution < 1.29 is 0 Å². The van der Waals surface area contributed by atoms with E-state index in [2.05, 4.69) is 58.0 Å². The predicted molar refractivity (Wildman–Crippen MR) is 89.1 cm³/mol. The minimum absolute atomic E-state index is 0.598. The first-order valence-electron chi connectivity index (χ1n) is 7.69. The van der Waals surface area contributed by atoms with Crippen molar-refractivity contribution in [2.45, 2.75) is 52.6 Å². The van der Waals surface area contributed by atoms with E-state index in [4.69, 9.17) is 0 Å². The Morgan fingerprint density at radius 2 is 2.25 bits per heavy atom. The van der Waals surface area contributed by atoms with Gasteiger partial charge < -0.3 is 10.2 Å². The van der Waals surface area contributed by atoms with Gasteiger partial charge >= 0.3 is 0 Å². The summed E-state index contributed by atoms with van der Waals surface area (Å²) in [5.74, 6) is 1.84. The number of halogens is 1. The number of aromatic nitrogens is 1. The summed E-state index contributed by atoms with van der Waals surface area (Å²) in [5, 5.41) is 3.54. The quantitative estimate of drug-likeness (QED) is 0.879. The summed E-state index contributed by atoms with van der Waals surface area (Å²) < 4.78 is 1.06. The Labute approximate surface area is 131 Å². The molecule has 0 bridgehead atoms. The number of piperidine rings is 1. The molecule has 1 unspecified atom stereocenters. The molecule has 0 amide bonds. The summed E-state index contributed by atoms with van der Waals surface area (Å²) >= 11 is 3.55. The molecule has 4 heteroatoms. The van der Waals surface area contributed by atoms with Gasteiger partial charge in [0.1, 0.15) is 5.82 Å². The molecule has 2 heterocycles. The molecule has 3 nitrogen and oxygen atoms in total. The van der Waals surface area contributed by atoms with E-state index < -0.39 is 0 Å². The highest BCUT2D eigenvalue weighted by Gasteiger charge is 2.22. The van der Waals surface area contributed by atoms with Crippen molar-refractivity contribution >= 4 is 21.7 Å². The van der Waals surface area contributed by atoms with E-state index in [1.807, 2.05) is 6.20 Å². The van der Waals surface area contributed by atoms with Crippen LogP contribution in [-0.2, 0) is 6.54 Å². The molecule has 0 aliphatic carbocycles. The van der Waals surface area contributed by atoms with Crippen LogP contribution in [0.4, 0.5) is 5.82 Å². The molecule has 1 aliphatic heterocycles. The van der Waals surface area contributed by atoms with Crippen molar-refractivity contribution in [3.05, 3.63) is 22.3 Å². The topological polar surface area (TPSA) is 28.2 Å². The first-order valence-corrected chi connectivity index (χ1v) is 8.49. The zero-order chi connectivity index (χ0) is 14.5. The Kier molecular flexibility index (Phi) is 5.85. The number of nitrogens with zero attached hydrogens (tertiary/aromatic N) is 2. The van der Waals surface area contributed by atoms with Gasteiger partial charge in [0.05, 0.1) is 0 Å². The van der Waals surface area contributed by atoms with Gasteiger partial charge in [0.2, 0.25) is 0 Å². The van der Waals surface area contributed by atoms with E-state index in [0.717, 1.165) is 29.9 Å². The lowest BCUT2D eigenvalue weighted by atomic mass is 10.0. The molecule has 0 saturated carbocycles. The molecule has 1 aromatic heterocycles. The zero-order valence-corrected chi connectivity index (χ0v) is 14.4. The Balaban J connectivity index is 2.14. The highest BCUT2D eigenvalue weighted by molar-refractivity contribution is 9.10. The van der Waals surface area contributed by atoms with Crippen LogP contribution in [0.1, 0.15) is 45.6 Å². The smallest absolute Gasteiger partial charge is 0.133 e. The van der Waals surface area contributed by atoms with E-state index in [9.17, 15) is 0 Å². The summed E-state index contributed by atoms with van der Waals surface area (Å²) in [6.45, 7) is 9.85. The van der Waals surface area contributed by atoms with E-state index in [1.165, 1.54) is 24.8 Å². The van der Waals surface area contributed by atoms with Gasteiger partial charge in [-0.25, -0.2) is 4.98 Å². The Bertz CT molecular complexity index is 434. The van der Waals surface area contributed by atoms with Gasteiger partial charge in [-0.1, -0.05) is 13.8 Å². The maximum atomic E-state index is 4.69. The van der Waals surface area contributed by atoms with Crippen LogP contribution in [0.2, 0.25) is 0 Å². The molecule has 1 N–H and O–H groups in total. The molecule has 1 fully saturated rings. The van der Waals surface area contributed by atoms with Crippen LogP contribution < -0.4 is 10.2 Å². The fraction of sp³-hybridized carbons (Fsp3) is 0.688. The number of rotatable bonds is 5. The van der Waals surface area contributed by atoms with Crippen LogP contribution >= 0.6 is 15.9 Å². The third-order valence-electron chi connectivity index (χ3n) is 3.85. The molecule has 2 rings (SSSR count). The molecule has 1 saturated heterocycles. The van der Waals surface area contributed by atoms with Gasteiger partial charge in [0, 0.05) is 35.4 Å². The Hall–Kier alpha value is -0.610. The molecule has 112 valence electrons. The summed E-state index contributed by atoms with van der Waals surface area (Å²) in [4.78, 5) is 7.16. The molecule has 1 aromatic rings. The molecular formula is C16H26BrN3. The van der Waals surface area contributed by atoms with Gasteiger partial charge in [-0.2, -0.15) is 0 Å². The number of hydrogen-bond acceptors (Lipinski definition) is 3. The first-order chi connectivity index (χ1) is 9.58. The highest BCUT2D eigenvalue weighted by atomic mass is 79.9. The second-order valence-corrected chi connectivity index (χ2v) is 7.11. The van der Waals surface area contributed by atoms with Crippen molar-refractivity contribution in [1.29, 1.82) is 0 Å². The van der Waals surface area contributed by atoms with Crippen molar-refractivity contribution in [2.75, 3.05) is 18.0 Å². The second kappa shape index (κ2) is 7.41. The molecular weight excluding hydrogens is 314 g/mol. The molecule has 0 radical (unpaired) electrons. The lowest BCUT2D eigenvalue weighted by molar-refractivity contribution is 0.478. The second-order valence-electron chi connectivity index (χ2n) is 6.20. The lowest BCUT2D eigenvalue weighted by Gasteiger charge is -2.35. The average molecular weight is 340 g/mol. The number of anilines is 1. The number of pyridine rings is 1. The minimum atomic E-state index is 0.598. The van der Waals surface area contributed by atoms with Crippen LogP contribution in [0.3, 0.4) is 0 Å². The molecule has 0 spiro atoms. The third-order valence-corrected chi connectivity index (χ3v) is 4.29. The van der Waals surface area contributed by atoms with Crippen molar-refractivity contribution in [2.24, 2.45) is 5.92 Å². The number of nitrogens with one attached hydrogen (secondary N) is 1. The standard InChI is InChI=1S/C16H26BrN3/c1-12(2)9-18-10-14-8-15(17)11-19-16(14)20-7-5-4-6-13(20)3/h8,11-13,18H,4-7,9-10H2,1-3H3. The van der Waals surface area contributed by atoms with E-state index >= 15 is 0 Å². The summed E-state index contributed by atoms with van der Waals surface area (Å²) in [6, 6.07) is 2.80. The molecule has 1 aliphatic rings. The van der Waals surface area contributed by atoms with Crippen LogP contribution in [0.25, 0.3) is 0 Å². The van der Waals surface area contributed by atoms with E-state index in [1.54, 1.807) is 0 Å². The Morgan fingerprint density at radius 1 is 1.45 bits per heavy atom. The third kappa shape index (κ3) is 4.19. The van der Waals surface area contributed by atoms with Crippen LogP contribution in [0, 0.1) is 5.92 Å². The van der Waals surface area contributed by atoms with Gasteiger partial charge in [0.25, 0.3) is 0 Å². The predicted octanol–water partition coefficient (Wildman–Crippen LogP) is 3.97. The average Bonchev–Trinajstić information content (AvgIpc) is 2.40. The van der Waals surface area contributed by atoms with Crippen LogP contribution in [0.15, 0.2) is 16.7 Å². The summed E-state index contributed by atoms with van der Waals surface area (Å²) in [7, 11) is 0.